The smallest absolute Gasteiger partial charge is 0.254 e. The maximum absolute atomic E-state index is 13.5. The Morgan fingerprint density at radius 1 is 1.37 bits per heavy atom. The summed E-state index contributed by atoms with van der Waals surface area (Å²) in [7, 11) is 1.52. The van der Waals surface area contributed by atoms with Gasteiger partial charge in [0, 0.05) is 19.3 Å². The molecule has 0 aliphatic rings. The van der Waals surface area contributed by atoms with Crippen LogP contribution in [0.2, 0.25) is 0 Å². The van der Waals surface area contributed by atoms with Crippen LogP contribution in [-0.2, 0) is 4.79 Å². The molecule has 0 aliphatic heterocycles. The van der Waals surface area contributed by atoms with Crippen molar-refractivity contribution in [2.24, 2.45) is 5.41 Å². The summed E-state index contributed by atoms with van der Waals surface area (Å²) in [4.78, 5) is 23.4. The standard InChI is InChI=1S/C13H18FN3O2/c1-13(2,12(19)16-3)7-17-11(18)9-6-8(15)4-5-10(9)14/h4-6H,7,15H2,1-3H3,(H,16,19)(H,17,18). The average Bonchev–Trinajstić information content (AvgIpc) is 2.37. The highest BCUT2D eigenvalue weighted by atomic mass is 19.1. The molecule has 0 spiro atoms. The molecule has 6 heteroatoms. The molecule has 19 heavy (non-hydrogen) atoms. The van der Waals surface area contributed by atoms with Crippen LogP contribution in [0.1, 0.15) is 24.2 Å². The van der Waals surface area contributed by atoms with Crippen molar-refractivity contribution >= 4 is 17.5 Å². The summed E-state index contributed by atoms with van der Waals surface area (Å²) in [5.74, 6) is -1.45. The fourth-order valence-electron chi connectivity index (χ4n) is 1.53. The number of anilines is 1. The highest BCUT2D eigenvalue weighted by Crippen LogP contribution is 2.15. The van der Waals surface area contributed by atoms with Gasteiger partial charge in [0.15, 0.2) is 0 Å². The molecule has 0 atom stereocenters. The molecule has 0 saturated carbocycles. The highest BCUT2D eigenvalue weighted by Gasteiger charge is 2.27. The summed E-state index contributed by atoms with van der Waals surface area (Å²) in [5, 5.41) is 5.03. The van der Waals surface area contributed by atoms with E-state index >= 15 is 0 Å². The van der Waals surface area contributed by atoms with Crippen molar-refractivity contribution in [2.45, 2.75) is 13.8 Å². The van der Waals surface area contributed by atoms with Gasteiger partial charge in [0.05, 0.1) is 11.0 Å². The topological polar surface area (TPSA) is 84.2 Å². The molecule has 0 fully saturated rings. The zero-order chi connectivity index (χ0) is 14.6. The monoisotopic (exact) mass is 267 g/mol. The van der Waals surface area contributed by atoms with Gasteiger partial charge in [-0.15, -0.1) is 0 Å². The number of benzene rings is 1. The first kappa shape index (κ1) is 14.9. The summed E-state index contributed by atoms with van der Waals surface area (Å²) in [6, 6.07) is 3.77. The van der Waals surface area contributed by atoms with Gasteiger partial charge < -0.3 is 16.4 Å². The number of carbonyl (C=O) groups is 2. The van der Waals surface area contributed by atoms with Crippen LogP contribution in [-0.4, -0.2) is 25.4 Å². The molecule has 0 saturated heterocycles. The van der Waals surface area contributed by atoms with Gasteiger partial charge in [-0.05, 0) is 32.0 Å². The van der Waals surface area contributed by atoms with E-state index in [4.69, 9.17) is 5.73 Å². The van der Waals surface area contributed by atoms with E-state index in [1.807, 2.05) is 0 Å². The van der Waals surface area contributed by atoms with Crippen molar-refractivity contribution in [3.63, 3.8) is 0 Å². The molecule has 0 unspecified atom stereocenters. The molecule has 5 nitrogen and oxygen atoms in total. The lowest BCUT2D eigenvalue weighted by Crippen LogP contribution is -2.43. The lowest BCUT2D eigenvalue weighted by molar-refractivity contribution is -0.128. The Hall–Kier alpha value is -2.11. The van der Waals surface area contributed by atoms with E-state index in [2.05, 4.69) is 10.6 Å². The number of halogens is 1. The van der Waals surface area contributed by atoms with Crippen LogP contribution in [0.3, 0.4) is 0 Å². The summed E-state index contributed by atoms with van der Waals surface area (Å²) in [6.07, 6.45) is 0. The molecule has 0 heterocycles. The van der Waals surface area contributed by atoms with Crippen molar-refractivity contribution in [3.8, 4) is 0 Å². The predicted octanol–water partition coefficient (Wildman–Crippen LogP) is 0.910. The summed E-state index contributed by atoms with van der Waals surface area (Å²) >= 11 is 0. The molecular weight excluding hydrogens is 249 g/mol. The second-order valence-electron chi connectivity index (χ2n) is 4.88. The second kappa shape index (κ2) is 5.69. The molecule has 1 rings (SSSR count). The van der Waals surface area contributed by atoms with Crippen LogP contribution < -0.4 is 16.4 Å². The molecule has 104 valence electrons. The number of rotatable bonds is 4. The van der Waals surface area contributed by atoms with Crippen molar-refractivity contribution in [3.05, 3.63) is 29.6 Å². The second-order valence-corrected chi connectivity index (χ2v) is 4.88. The molecule has 0 aliphatic carbocycles. The van der Waals surface area contributed by atoms with Crippen LogP contribution in [0.25, 0.3) is 0 Å². The first-order valence-electron chi connectivity index (χ1n) is 5.83. The Kier molecular flexibility index (Phi) is 4.47. The minimum absolute atomic E-state index is 0.0970. The van der Waals surface area contributed by atoms with Gasteiger partial charge in [-0.2, -0.15) is 0 Å². The van der Waals surface area contributed by atoms with E-state index in [9.17, 15) is 14.0 Å². The SMILES string of the molecule is CNC(=O)C(C)(C)CNC(=O)c1cc(N)ccc1F. The number of nitrogen functional groups attached to an aromatic ring is 1. The zero-order valence-electron chi connectivity index (χ0n) is 11.2. The number of amides is 2. The van der Waals surface area contributed by atoms with E-state index in [-0.39, 0.29) is 18.0 Å². The van der Waals surface area contributed by atoms with Crippen LogP contribution in [0.4, 0.5) is 10.1 Å². The number of carbonyl (C=O) groups excluding carboxylic acids is 2. The summed E-state index contributed by atoms with van der Waals surface area (Å²) in [5.41, 5.74) is 4.90. The molecule has 0 aromatic heterocycles. The maximum Gasteiger partial charge on any atom is 0.254 e. The average molecular weight is 267 g/mol. The third-order valence-corrected chi connectivity index (χ3v) is 2.77. The minimum atomic E-state index is -0.777. The lowest BCUT2D eigenvalue weighted by Gasteiger charge is -2.22. The Morgan fingerprint density at radius 2 is 2.00 bits per heavy atom. The van der Waals surface area contributed by atoms with Gasteiger partial charge in [-0.25, -0.2) is 4.39 Å². The third kappa shape index (κ3) is 3.67. The molecule has 1 aromatic carbocycles. The number of hydrogen-bond donors (Lipinski definition) is 3. The number of hydrogen-bond acceptors (Lipinski definition) is 3. The van der Waals surface area contributed by atoms with E-state index in [0.29, 0.717) is 5.69 Å². The Labute approximate surface area is 111 Å². The van der Waals surface area contributed by atoms with Gasteiger partial charge in [0.25, 0.3) is 5.91 Å². The zero-order valence-corrected chi connectivity index (χ0v) is 11.2. The largest absolute Gasteiger partial charge is 0.399 e. The number of nitrogens with two attached hydrogens (primary N) is 1. The molecule has 0 bridgehead atoms. The maximum atomic E-state index is 13.5. The molecule has 2 amide bonds. The molecule has 4 N–H and O–H groups in total. The van der Waals surface area contributed by atoms with Crippen LogP contribution in [0, 0.1) is 11.2 Å². The van der Waals surface area contributed by atoms with Gasteiger partial charge in [0.2, 0.25) is 5.91 Å². The number of nitrogens with one attached hydrogen (secondary N) is 2. The normalized spacial score (nSPS) is 10.9. The van der Waals surface area contributed by atoms with Crippen LogP contribution >= 0.6 is 0 Å². The van der Waals surface area contributed by atoms with Crippen molar-refractivity contribution in [1.82, 2.24) is 10.6 Å². The Balaban J connectivity index is 2.76. The summed E-state index contributed by atoms with van der Waals surface area (Å²) in [6.45, 7) is 3.46. The highest BCUT2D eigenvalue weighted by molar-refractivity contribution is 5.95. The van der Waals surface area contributed by atoms with Crippen molar-refractivity contribution in [2.75, 3.05) is 19.3 Å². The minimum Gasteiger partial charge on any atom is -0.399 e. The van der Waals surface area contributed by atoms with Gasteiger partial charge >= 0.3 is 0 Å². The van der Waals surface area contributed by atoms with Crippen molar-refractivity contribution in [1.29, 1.82) is 0 Å². The lowest BCUT2D eigenvalue weighted by atomic mass is 9.92. The third-order valence-electron chi connectivity index (χ3n) is 2.77. The quantitative estimate of drug-likeness (QED) is 0.709. The van der Waals surface area contributed by atoms with Gasteiger partial charge in [-0.1, -0.05) is 0 Å². The molecular formula is C13H18FN3O2. The van der Waals surface area contributed by atoms with Crippen molar-refractivity contribution < 1.29 is 14.0 Å². The molecule has 1 aromatic rings. The van der Waals surface area contributed by atoms with Gasteiger partial charge in [-0.3, -0.25) is 9.59 Å². The Morgan fingerprint density at radius 3 is 2.58 bits per heavy atom. The van der Waals surface area contributed by atoms with Crippen LogP contribution in [0.5, 0.6) is 0 Å². The van der Waals surface area contributed by atoms with E-state index in [1.54, 1.807) is 13.8 Å². The van der Waals surface area contributed by atoms with E-state index < -0.39 is 17.1 Å². The fourth-order valence-corrected chi connectivity index (χ4v) is 1.53. The van der Waals surface area contributed by atoms with Gasteiger partial charge in [0.1, 0.15) is 5.82 Å². The fraction of sp³-hybridized carbons (Fsp3) is 0.385. The summed E-state index contributed by atoms with van der Waals surface area (Å²) < 4.78 is 13.5. The van der Waals surface area contributed by atoms with E-state index in [0.717, 1.165) is 6.07 Å². The first-order valence-corrected chi connectivity index (χ1v) is 5.83. The van der Waals surface area contributed by atoms with E-state index in [1.165, 1.54) is 19.2 Å². The first-order chi connectivity index (χ1) is 8.77. The Bertz CT molecular complexity index is 501. The molecule has 0 radical (unpaired) electrons. The predicted molar refractivity (Wildman–Crippen MR) is 71.0 cm³/mol. The van der Waals surface area contributed by atoms with Crippen LogP contribution in [0.15, 0.2) is 18.2 Å².